The number of alkyl halides is 1. The molecule has 0 aliphatic heterocycles. The molecule has 0 heterocycles. The van der Waals surface area contributed by atoms with Crippen LogP contribution in [0.5, 0.6) is 0 Å². The van der Waals surface area contributed by atoms with Gasteiger partial charge in [-0.2, -0.15) is 0 Å². The van der Waals surface area contributed by atoms with Gasteiger partial charge in [-0.05, 0) is 12.8 Å². The first-order valence-electron chi connectivity index (χ1n) is 17.5. The molecule has 238 valence electrons. The van der Waals surface area contributed by atoms with E-state index in [9.17, 15) is 19.8 Å². The van der Waals surface area contributed by atoms with Crippen LogP contribution in [0.4, 0.5) is 0 Å². The minimum absolute atomic E-state index is 0.0932. The van der Waals surface area contributed by atoms with E-state index < -0.39 is 16.9 Å². The normalized spacial score (nSPS) is 12.6. The van der Waals surface area contributed by atoms with Gasteiger partial charge in [-0.15, -0.1) is 11.6 Å². The van der Waals surface area contributed by atoms with Crippen LogP contribution in [-0.4, -0.2) is 32.9 Å². The lowest BCUT2D eigenvalue weighted by Crippen LogP contribution is -2.47. The number of ketones is 2. The largest absolute Gasteiger partial charge is 0.359 e. The number of halogens is 1. The summed E-state index contributed by atoms with van der Waals surface area (Å²) >= 11 is 6.14. The van der Waals surface area contributed by atoms with Crippen molar-refractivity contribution in [3.63, 3.8) is 0 Å². The van der Waals surface area contributed by atoms with E-state index in [2.05, 4.69) is 13.8 Å². The van der Waals surface area contributed by atoms with Gasteiger partial charge in [-0.1, -0.05) is 168 Å². The Morgan fingerprint density at radius 2 is 0.775 bits per heavy atom. The Balaban J connectivity index is 3.71. The third-order valence-electron chi connectivity index (χ3n) is 8.32. The summed E-state index contributed by atoms with van der Waals surface area (Å²) in [7, 11) is 0. The Bertz CT molecular complexity index is 578. The van der Waals surface area contributed by atoms with Gasteiger partial charge in [0.2, 0.25) is 5.79 Å². The van der Waals surface area contributed by atoms with Crippen molar-refractivity contribution in [2.75, 3.05) is 0 Å². The number of hydrogen-bond donors (Lipinski definition) is 2. The molecule has 4 nitrogen and oxygen atoms in total. The maximum absolute atomic E-state index is 12.4. The first-order valence-corrected chi connectivity index (χ1v) is 17.9. The third kappa shape index (κ3) is 24.2. The SMILES string of the molecule is CCCCCCCCCCCCCCCC(=O)CC(Cl)C(O)(O)C(=O)CCCCCCCCCCCCCCC. The lowest BCUT2D eigenvalue weighted by Gasteiger charge is -2.25. The van der Waals surface area contributed by atoms with Crippen LogP contribution in [-0.2, 0) is 9.59 Å². The van der Waals surface area contributed by atoms with Crippen LogP contribution in [0.15, 0.2) is 0 Å². The maximum atomic E-state index is 12.4. The van der Waals surface area contributed by atoms with Gasteiger partial charge in [0, 0.05) is 19.3 Å². The summed E-state index contributed by atoms with van der Waals surface area (Å²) in [6, 6.07) is 0. The van der Waals surface area contributed by atoms with E-state index in [-0.39, 0.29) is 18.6 Å². The molecule has 0 fully saturated rings. The summed E-state index contributed by atoms with van der Waals surface area (Å²) in [6.45, 7) is 4.50. The van der Waals surface area contributed by atoms with Crippen molar-refractivity contribution in [1.82, 2.24) is 0 Å². The highest BCUT2D eigenvalue weighted by Gasteiger charge is 2.41. The number of carbonyl (C=O) groups is 2. The van der Waals surface area contributed by atoms with Gasteiger partial charge >= 0.3 is 0 Å². The summed E-state index contributed by atoms with van der Waals surface area (Å²) in [5.74, 6) is -3.38. The number of carbonyl (C=O) groups excluding carboxylic acids is 2. The van der Waals surface area contributed by atoms with Crippen LogP contribution in [0.2, 0.25) is 0 Å². The molecular weight excluding hydrogens is 520 g/mol. The average molecular weight is 587 g/mol. The molecule has 0 bridgehead atoms. The van der Waals surface area contributed by atoms with E-state index in [4.69, 9.17) is 11.6 Å². The fourth-order valence-electron chi connectivity index (χ4n) is 5.45. The van der Waals surface area contributed by atoms with Crippen LogP contribution < -0.4 is 0 Å². The molecule has 0 aliphatic rings. The van der Waals surface area contributed by atoms with Crippen LogP contribution in [0, 0.1) is 0 Å². The van der Waals surface area contributed by atoms with Crippen molar-refractivity contribution < 1.29 is 19.8 Å². The highest BCUT2D eigenvalue weighted by molar-refractivity contribution is 6.24. The van der Waals surface area contributed by atoms with Crippen LogP contribution in [0.25, 0.3) is 0 Å². The predicted molar refractivity (Wildman–Crippen MR) is 172 cm³/mol. The van der Waals surface area contributed by atoms with Crippen molar-refractivity contribution in [3.8, 4) is 0 Å². The van der Waals surface area contributed by atoms with Gasteiger partial charge in [-0.25, -0.2) is 0 Å². The Labute approximate surface area is 253 Å². The number of rotatable bonds is 32. The van der Waals surface area contributed by atoms with Gasteiger partial charge in [0.1, 0.15) is 11.2 Å². The monoisotopic (exact) mass is 586 g/mol. The lowest BCUT2D eigenvalue weighted by atomic mass is 9.96. The smallest absolute Gasteiger partial charge is 0.241 e. The molecule has 40 heavy (non-hydrogen) atoms. The summed E-state index contributed by atoms with van der Waals surface area (Å²) in [4.78, 5) is 24.7. The zero-order valence-corrected chi connectivity index (χ0v) is 27.4. The van der Waals surface area contributed by atoms with E-state index in [1.54, 1.807) is 0 Å². The van der Waals surface area contributed by atoms with Gasteiger partial charge in [0.25, 0.3) is 0 Å². The molecular formula is C35H67ClO4. The molecule has 0 aromatic carbocycles. The van der Waals surface area contributed by atoms with Gasteiger partial charge in [0.05, 0.1) is 0 Å². The number of Topliss-reactive ketones (excluding diaryl/α,β-unsaturated/α-hetero) is 2. The second-order valence-corrected chi connectivity index (χ2v) is 12.9. The molecule has 1 atom stereocenters. The molecule has 1 unspecified atom stereocenters. The molecule has 0 aromatic rings. The fraction of sp³-hybridized carbons (Fsp3) is 0.943. The quantitative estimate of drug-likeness (QED) is 0.0467. The first kappa shape index (κ1) is 39.5. The fourth-order valence-corrected chi connectivity index (χ4v) is 5.74. The van der Waals surface area contributed by atoms with Gasteiger partial charge < -0.3 is 10.2 Å². The molecule has 0 spiro atoms. The minimum atomic E-state index is -2.62. The number of hydrogen-bond acceptors (Lipinski definition) is 4. The summed E-state index contributed by atoms with van der Waals surface area (Å²) in [5, 5.41) is 19.3. The van der Waals surface area contributed by atoms with Crippen molar-refractivity contribution >= 4 is 23.2 Å². The Hall–Kier alpha value is -0.450. The molecule has 0 saturated heterocycles. The standard InChI is InChI=1S/C35H67ClO4/c1-3-5-7-9-11-13-15-17-19-21-23-25-27-29-32(37)31-33(36)35(39,40)34(38)30-28-26-24-22-20-18-16-14-12-10-8-6-4-2/h33,39-40H,3-31H2,1-2H3. The van der Waals surface area contributed by atoms with Crippen molar-refractivity contribution in [2.24, 2.45) is 0 Å². The van der Waals surface area contributed by atoms with E-state index >= 15 is 0 Å². The number of unbranched alkanes of at least 4 members (excludes halogenated alkanes) is 24. The molecule has 0 amide bonds. The molecule has 2 N–H and O–H groups in total. The zero-order valence-electron chi connectivity index (χ0n) is 26.7. The second kappa shape index (κ2) is 28.7. The maximum Gasteiger partial charge on any atom is 0.241 e. The second-order valence-electron chi connectivity index (χ2n) is 12.3. The molecule has 0 radical (unpaired) electrons. The Morgan fingerprint density at radius 3 is 1.10 bits per heavy atom. The van der Waals surface area contributed by atoms with E-state index in [1.807, 2.05) is 0 Å². The average Bonchev–Trinajstić information content (AvgIpc) is 2.93. The summed E-state index contributed by atoms with van der Waals surface area (Å²) in [5.41, 5.74) is 0. The van der Waals surface area contributed by atoms with Gasteiger partial charge in [-0.3, -0.25) is 9.59 Å². The van der Waals surface area contributed by atoms with Crippen LogP contribution >= 0.6 is 11.6 Å². The molecule has 0 rings (SSSR count). The Morgan fingerprint density at radius 1 is 0.500 bits per heavy atom. The Kier molecular flexibility index (Phi) is 28.3. The third-order valence-corrected chi connectivity index (χ3v) is 8.78. The number of aliphatic hydroxyl groups is 2. The lowest BCUT2D eigenvalue weighted by molar-refractivity contribution is -0.184. The van der Waals surface area contributed by atoms with E-state index in [0.717, 1.165) is 32.1 Å². The molecule has 5 heteroatoms. The van der Waals surface area contributed by atoms with Crippen LogP contribution in [0.1, 0.15) is 200 Å². The van der Waals surface area contributed by atoms with Gasteiger partial charge in [0.15, 0.2) is 5.78 Å². The van der Waals surface area contributed by atoms with E-state index in [1.165, 1.54) is 128 Å². The summed E-state index contributed by atoms with van der Waals surface area (Å²) < 4.78 is 0. The van der Waals surface area contributed by atoms with Crippen LogP contribution in [0.3, 0.4) is 0 Å². The van der Waals surface area contributed by atoms with Crippen molar-refractivity contribution in [3.05, 3.63) is 0 Å². The first-order chi connectivity index (χ1) is 19.4. The predicted octanol–water partition coefficient (Wildman–Crippen LogP) is 10.8. The molecule has 0 aromatic heterocycles. The summed E-state index contributed by atoms with van der Waals surface area (Å²) in [6.07, 6.45) is 32.3. The van der Waals surface area contributed by atoms with E-state index in [0.29, 0.717) is 12.8 Å². The highest BCUT2D eigenvalue weighted by atomic mass is 35.5. The topological polar surface area (TPSA) is 74.6 Å². The highest BCUT2D eigenvalue weighted by Crippen LogP contribution is 2.23. The zero-order chi connectivity index (χ0) is 29.7. The minimum Gasteiger partial charge on any atom is -0.359 e. The van der Waals surface area contributed by atoms with Crippen molar-refractivity contribution in [2.45, 2.75) is 211 Å². The van der Waals surface area contributed by atoms with Crippen molar-refractivity contribution in [1.29, 1.82) is 0 Å². The molecule has 0 saturated carbocycles. The molecule has 0 aliphatic carbocycles.